The van der Waals surface area contributed by atoms with Gasteiger partial charge in [0.05, 0.1) is 12.9 Å². The van der Waals surface area contributed by atoms with E-state index in [4.69, 9.17) is 16.3 Å². The quantitative estimate of drug-likeness (QED) is 0.716. The van der Waals surface area contributed by atoms with Gasteiger partial charge in [0.1, 0.15) is 0 Å². The van der Waals surface area contributed by atoms with Crippen LogP contribution in [0.5, 0.6) is 0 Å². The SMILES string of the molecule is CCOC=Cc1cc(=O)n(C)nc1Cl. The lowest BCUT2D eigenvalue weighted by molar-refractivity contribution is 0.272. The van der Waals surface area contributed by atoms with Gasteiger partial charge >= 0.3 is 0 Å². The summed E-state index contributed by atoms with van der Waals surface area (Å²) in [5.41, 5.74) is 0.355. The van der Waals surface area contributed by atoms with Crippen molar-refractivity contribution < 1.29 is 4.74 Å². The smallest absolute Gasteiger partial charge is 0.267 e. The van der Waals surface area contributed by atoms with Crippen LogP contribution in [0.4, 0.5) is 0 Å². The Morgan fingerprint density at radius 1 is 1.71 bits per heavy atom. The Labute approximate surface area is 86.8 Å². The number of ether oxygens (including phenoxy) is 1. The standard InChI is InChI=1S/C9H11ClN2O2/c1-3-14-5-4-7-6-8(13)12(2)11-9(7)10/h4-6H,3H2,1-2H3. The summed E-state index contributed by atoms with van der Waals surface area (Å²) in [4.78, 5) is 11.2. The van der Waals surface area contributed by atoms with Crippen LogP contribution in [0.15, 0.2) is 17.1 Å². The maximum absolute atomic E-state index is 11.2. The third-order valence-electron chi connectivity index (χ3n) is 1.58. The largest absolute Gasteiger partial charge is 0.501 e. The zero-order valence-corrected chi connectivity index (χ0v) is 8.78. The first-order chi connectivity index (χ1) is 6.65. The molecule has 1 aromatic rings. The highest BCUT2D eigenvalue weighted by molar-refractivity contribution is 6.30. The van der Waals surface area contributed by atoms with Crippen molar-refractivity contribution in [1.82, 2.24) is 9.78 Å². The summed E-state index contributed by atoms with van der Waals surface area (Å²) in [5.74, 6) is 0. The van der Waals surface area contributed by atoms with Gasteiger partial charge in [-0.1, -0.05) is 11.6 Å². The van der Waals surface area contributed by atoms with E-state index in [1.807, 2.05) is 6.92 Å². The molecule has 0 fully saturated rings. The van der Waals surface area contributed by atoms with E-state index in [1.54, 1.807) is 13.1 Å². The molecule has 14 heavy (non-hydrogen) atoms. The molecule has 4 nitrogen and oxygen atoms in total. The van der Waals surface area contributed by atoms with E-state index in [9.17, 15) is 4.79 Å². The molecular formula is C9H11ClN2O2. The van der Waals surface area contributed by atoms with Crippen LogP contribution in [0.2, 0.25) is 5.15 Å². The lowest BCUT2D eigenvalue weighted by Crippen LogP contribution is -2.18. The van der Waals surface area contributed by atoms with Gasteiger partial charge in [-0.25, -0.2) is 4.68 Å². The van der Waals surface area contributed by atoms with Crippen molar-refractivity contribution in [2.45, 2.75) is 6.92 Å². The van der Waals surface area contributed by atoms with Crippen LogP contribution < -0.4 is 5.56 Å². The van der Waals surface area contributed by atoms with Gasteiger partial charge in [0.15, 0.2) is 5.15 Å². The maximum Gasteiger partial charge on any atom is 0.267 e. The second kappa shape index (κ2) is 4.81. The molecule has 0 saturated heterocycles. The molecule has 1 aromatic heterocycles. The number of aryl methyl sites for hydroxylation is 1. The van der Waals surface area contributed by atoms with Gasteiger partial charge in [0, 0.05) is 18.7 Å². The van der Waals surface area contributed by atoms with E-state index in [2.05, 4.69) is 5.10 Å². The van der Waals surface area contributed by atoms with Gasteiger partial charge in [-0.15, -0.1) is 0 Å². The van der Waals surface area contributed by atoms with Crippen molar-refractivity contribution in [2.75, 3.05) is 6.61 Å². The second-order valence-corrected chi connectivity index (χ2v) is 2.97. The lowest BCUT2D eigenvalue weighted by atomic mass is 10.3. The van der Waals surface area contributed by atoms with Crippen LogP contribution in [0, 0.1) is 0 Å². The molecule has 5 heteroatoms. The average molecular weight is 215 g/mol. The molecule has 0 aromatic carbocycles. The highest BCUT2D eigenvalue weighted by Gasteiger charge is 2.01. The zero-order valence-electron chi connectivity index (χ0n) is 8.03. The Morgan fingerprint density at radius 3 is 3.07 bits per heavy atom. The molecule has 76 valence electrons. The number of hydrogen-bond donors (Lipinski definition) is 0. The van der Waals surface area contributed by atoms with Crippen molar-refractivity contribution in [2.24, 2.45) is 7.05 Å². The van der Waals surface area contributed by atoms with E-state index in [1.165, 1.54) is 17.0 Å². The van der Waals surface area contributed by atoms with Crippen LogP contribution >= 0.6 is 11.6 Å². The van der Waals surface area contributed by atoms with Crippen LogP contribution in [-0.4, -0.2) is 16.4 Å². The monoisotopic (exact) mass is 214 g/mol. The third-order valence-corrected chi connectivity index (χ3v) is 1.88. The van der Waals surface area contributed by atoms with Gasteiger partial charge in [-0.05, 0) is 13.0 Å². The summed E-state index contributed by atoms with van der Waals surface area (Å²) in [6.07, 6.45) is 3.10. The molecule has 0 amide bonds. The van der Waals surface area contributed by atoms with Crippen molar-refractivity contribution in [3.8, 4) is 0 Å². The first-order valence-electron chi connectivity index (χ1n) is 4.17. The number of aromatic nitrogens is 2. The molecule has 0 spiro atoms. The molecule has 0 atom stereocenters. The van der Waals surface area contributed by atoms with Crippen LogP contribution in [0.25, 0.3) is 6.08 Å². The minimum absolute atomic E-state index is 0.203. The summed E-state index contributed by atoms with van der Waals surface area (Å²) < 4.78 is 6.17. The molecule has 1 heterocycles. The summed E-state index contributed by atoms with van der Waals surface area (Å²) in [6.45, 7) is 2.45. The van der Waals surface area contributed by atoms with Crippen LogP contribution in [0.3, 0.4) is 0 Å². The zero-order chi connectivity index (χ0) is 10.6. The van der Waals surface area contributed by atoms with E-state index >= 15 is 0 Å². The van der Waals surface area contributed by atoms with Crippen molar-refractivity contribution >= 4 is 17.7 Å². The average Bonchev–Trinajstić information content (AvgIpc) is 2.14. The van der Waals surface area contributed by atoms with E-state index in [0.717, 1.165) is 0 Å². The molecule has 0 saturated carbocycles. The molecule has 0 aliphatic heterocycles. The molecule has 0 aliphatic rings. The summed E-state index contributed by atoms with van der Waals surface area (Å²) >= 11 is 5.80. The number of nitrogens with zero attached hydrogens (tertiary/aromatic N) is 2. The molecule has 1 rings (SSSR count). The predicted molar refractivity (Wildman–Crippen MR) is 55.1 cm³/mol. The number of rotatable bonds is 3. The maximum atomic E-state index is 11.2. The van der Waals surface area contributed by atoms with Crippen molar-refractivity contribution in [3.05, 3.63) is 33.4 Å². The van der Waals surface area contributed by atoms with Crippen molar-refractivity contribution in [3.63, 3.8) is 0 Å². The first kappa shape index (κ1) is 10.8. The van der Waals surface area contributed by atoms with Gasteiger partial charge in [-0.3, -0.25) is 4.79 Å². The molecule has 0 bridgehead atoms. The van der Waals surface area contributed by atoms with E-state index in [-0.39, 0.29) is 10.7 Å². The highest BCUT2D eigenvalue weighted by atomic mass is 35.5. The van der Waals surface area contributed by atoms with Crippen molar-refractivity contribution in [1.29, 1.82) is 0 Å². The predicted octanol–water partition coefficient (Wildman–Crippen LogP) is 1.44. The second-order valence-electron chi connectivity index (χ2n) is 2.61. The number of hydrogen-bond acceptors (Lipinski definition) is 3. The topological polar surface area (TPSA) is 44.1 Å². The Hall–Kier alpha value is -1.29. The van der Waals surface area contributed by atoms with Gasteiger partial charge in [-0.2, -0.15) is 5.10 Å². The Kier molecular flexibility index (Phi) is 3.71. The van der Waals surface area contributed by atoms with Gasteiger partial charge in [0.2, 0.25) is 0 Å². The fourth-order valence-electron chi connectivity index (χ4n) is 0.859. The summed E-state index contributed by atoms with van der Waals surface area (Å²) in [6, 6.07) is 1.41. The molecular weight excluding hydrogens is 204 g/mol. The minimum Gasteiger partial charge on any atom is -0.501 e. The first-order valence-corrected chi connectivity index (χ1v) is 4.55. The number of halogens is 1. The molecule has 0 radical (unpaired) electrons. The Bertz CT molecular complexity index is 398. The van der Waals surface area contributed by atoms with Crippen LogP contribution in [-0.2, 0) is 11.8 Å². The summed E-state index contributed by atoms with van der Waals surface area (Å²) in [5, 5.41) is 4.10. The van der Waals surface area contributed by atoms with Gasteiger partial charge in [0.25, 0.3) is 5.56 Å². The Morgan fingerprint density at radius 2 is 2.43 bits per heavy atom. The fraction of sp³-hybridized carbons (Fsp3) is 0.333. The Balaban J connectivity index is 2.98. The highest BCUT2D eigenvalue weighted by Crippen LogP contribution is 2.10. The van der Waals surface area contributed by atoms with E-state index < -0.39 is 0 Å². The third kappa shape index (κ3) is 2.60. The normalized spacial score (nSPS) is 10.8. The molecule has 0 aliphatic carbocycles. The minimum atomic E-state index is -0.203. The van der Waals surface area contributed by atoms with Crippen LogP contribution in [0.1, 0.15) is 12.5 Å². The van der Waals surface area contributed by atoms with Gasteiger partial charge < -0.3 is 4.74 Å². The van der Waals surface area contributed by atoms with E-state index in [0.29, 0.717) is 12.2 Å². The fourth-order valence-corrected chi connectivity index (χ4v) is 1.09. The molecule has 0 N–H and O–H groups in total. The lowest BCUT2D eigenvalue weighted by Gasteiger charge is -1.99. The summed E-state index contributed by atoms with van der Waals surface area (Å²) in [7, 11) is 1.55. The molecule has 0 unspecified atom stereocenters.